The fraction of sp³-hybridized carbons (Fsp3) is 0.625. The summed E-state index contributed by atoms with van der Waals surface area (Å²) in [5.74, 6) is -0.824. The number of rotatable bonds is 7. The van der Waals surface area contributed by atoms with Gasteiger partial charge in [0, 0.05) is 13.1 Å². The van der Waals surface area contributed by atoms with Crippen molar-refractivity contribution in [3.63, 3.8) is 0 Å². The number of hydrogen-bond donors (Lipinski definition) is 2. The first-order valence-corrected chi connectivity index (χ1v) is 10.8. The van der Waals surface area contributed by atoms with Crippen LogP contribution in [0, 0.1) is 19.8 Å². The van der Waals surface area contributed by atoms with E-state index in [9.17, 15) is 14.4 Å². The van der Waals surface area contributed by atoms with Crippen molar-refractivity contribution in [1.29, 1.82) is 0 Å². The van der Waals surface area contributed by atoms with E-state index in [1.165, 1.54) is 4.90 Å². The molecule has 7 nitrogen and oxygen atoms in total. The zero-order chi connectivity index (χ0) is 24.1. The molecule has 1 aromatic rings. The summed E-state index contributed by atoms with van der Waals surface area (Å²) in [6, 6.07) is 4.10. The number of ether oxygens (including phenoxy) is 1. The summed E-state index contributed by atoms with van der Waals surface area (Å²) in [6.07, 6.45) is -0.664. The minimum atomic E-state index is -0.833. The van der Waals surface area contributed by atoms with Crippen LogP contribution in [0.15, 0.2) is 18.2 Å². The van der Waals surface area contributed by atoms with Gasteiger partial charge in [-0.3, -0.25) is 9.59 Å². The van der Waals surface area contributed by atoms with Crippen LogP contribution in [0.1, 0.15) is 71.2 Å². The fourth-order valence-corrected chi connectivity index (χ4v) is 3.38. The van der Waals surface area contributed by atoms with Crippen LogP contribution in [0.25, 0.3) is 0 Å². The normalized spacial score (nSPS) is 13.5. The van der Waals surface area contributed by atoms with Gasteiger partial charge in [-0.05, 0) is 59.9 Å². The second kappa shape index (κ2) is 10.6. The zero-order valence-corrected chi connectivity index (χ0v) is 20.6. The Morgan fingerprint density at radius 3 is 1.87 bits per heavy atom. The number of aryl methyl sites for hydroxylation is 2. The number of benzene rings is 1. The van der Waals surface area contributed by atoms with Crippen LogP contribution in [0.5, 0.6) is 0 Å². The summed E-state index contributed by atoms with van der Waals surface area (Å²) < 4.78 is 5.32. The van der Waals surface area contributed by atoms with E-state index >= 15 is 0 Å². The molecular weight excluding hydrogens is 394 g/mol. The Hall–Kier alpha value is -2.57. The minimum Gasteiger partial charge on any atom is -0.444 e. The highest BCUT2D eigenvalue weighted by molar-refractivity contribution is 5.92. The Labute approximate surface area is 186 Å². The maximum Gasteiger partial charge on any atom is 0.408 e. The number of hydrogen-bond acceptors (Lipinski definition) is 4. The Morgan fingerprint density at radius 1 is 0.935 bits per heavy atom. The van der Waals surface area contributed by atoms with Gasteiger partial charge in [0.2, 0.25) is 11.8 Å². The topological polar surface area (TPSA) is 87.7 Å². The van der Waals surface area contributed by atoms with E-state index in [1.54, 1.807) is 27.8 Å². The molecule has 0 bridgehead atoms. The molecule has 174 valence electrons. The van der Waals surface area contributed by atoms with Crippen molar-refractivity contribution >= 4 is 17.9 Å². The molecule has 0 fully saturated rings. The molecule has 1 rings (SSSR count). The van der Waals surface area contributed by atoms with Crippen LogP contribution >= 0.6 is 0 Å². The van der Waals surface area contributed by atoms with Gasteiger partial charge in [0.25, 0.3) is 0 Å². The molecule has 0 aliphatic heterocycles. The number of carbonyl (C=O) groups excluding carboxylic acids is 3. The third-order valence-electron chi connectivity index (χ3n) is 4.58. The highest BCUT2D eigenvalue weighted by Gasteiger charge is 2.35. The van der Waals surface area contributed by atoms with Crippen molar-refractivity contribution in [3.8, 4) is 0 Å². The van der Waals surface area contributed by atoms with E-state index in [2.05, 4.69) is 10.6 Å². The van der Waals surface area contributed by atoms with Gasteiger partial charge < -0.3 is 20.3 Å². The summed E-state index contributed by atoms with van der Waals surface area (Å²) in [4.78, 5) is 40.3. The van der Waals surface area contributed by atoms with Gasteiger partial charge in [-0.1, -0.05) is 43.2 Å². The first-order valence-electron chi connectivity index (χ1n) is 10.8. The predicted molar refractivity (Wildman–Crippen MR) is 123 cm³/mol. The van der Waals surface area contributed by atoms with Crippen LogP contribution in [-0.2, 0) is 14.3 Å². The second-order valence-electron chi connectivity index (χ2n) is 9.80. The lowest BCUT2D eigenvalue weighted by Crippen LogP contribution is -2.54. The molecule has 0 aliphatic rings. The van der Waals surface area contributed by atoms with Crippen LogP contribution in [0.2, 0.25) is 0 Å². The number of nitrogens with one attached hydrogen (secondary N) is 2. The summed E-state index contributed by atoms with van der Waals surface area (Å²) in [7, 11) is 1.59. The molecule has 1 aromatic carbocycles. The van der Waals surface area contributed by atoms with E-state index in [-0.39, 0.29) is 23.8 Å². The first kappa shape index (κ1) is 26.5. The van der Waals surface area contributed by atoms with Crippen molar-refractivity contribution in [3.05, 3.63) is 34.9 Å². The highest BCUT2D eigenvalue weighted by Crippen LogP contribution is 2.24. The summed E-state index contributed by atoms with van der Waals surface area (Å²) >= 11 is 0. The Bertz CT molecular complexity index is 776. The second-order valence-corrected chi connectivity index (χ2v) is 9.80. The van der Waals surface area contributed by atoms with Crippen molar-refractivity contribution in [1.82, 2.24) is 15.5 Å². The number of nitrogens with zero attached hydrogens (tertiary/aromatic N) is 1. The fourth-order valence-electron chi connectivity index (χ4n) is 3.38. The van der Waals surface area contributed by atoms with Gasteiger partial charge in [0.15, 0.2) is 0 Å². The van der Waals surface area contributed by atoms with Crippen molar-refractivity contribution < 1.29 is 19.1 Å². The first-order chi connectivity index (χ1) is 14.1. The summed E-state index contributed by atoms with van der Waals surface area (Å²) in [5, 5.41) is 5.59. The minimum absolute atomic E-state index is 0.0785. The largest absolute Gasteiger partial charge is 0.444 e. The van der Waals surface area contributed by atoms with Gasteiger partial charge >= 0.3 is 6.09 Å². The Balaban J connectivity index is 3.28. The van der Waals surface area contributed by atoms with E-state index in [4.69, 9.17) is 4.74 Å². The van der Waals surface area contributed by atoms with Crippen LogP contribution < -0.4 is 10.6 Å². The van der Waals surface area contributed by atoms with E-state index < -0.39 is 23.8 Å². The maximum absolute atomic E-state index is 13.4. The average molecular weight is 434 g/mol. The molecule has 0 saturated carbocycles. The number of carbonyl (C=O) groups is 3. The quantitative estimate of drug-likeness (QED) is 0.683. The molecule has 0 heterocycles. The zero-order valence-electron chi connectivity index (χ0n) is 20.6. The van der Waals surface area contributed by atoms with Crippen molar-refractivity contribution in [2.75, 3.05) is 7.05 Å². The SMILES string of the molecule is Cc1cc(C)cc(C(C(=O)NC(C)C)N(C)C(=O)C(NC(=O)OC(C)(C)C)C(C)C)c1. The van der Waals surface area contributed by atoms with Crippen molar-refractivity contribution in [2.24, 2.45) is 5.92 Å². The average Bonchev–Trinajstić information content (AvgIpc) is 2.55. The predicted octanol–water partition coefficient (Wildman–Crippen LogP) is 3.88. The maximum atomic E-state index is 13.4. The number of amides is 3. The monoisotopic (exact) mass is 433 g/mol. The molecule has 2 atom stereocenters. The van der Waals surface area contributed by atoms with Crippen molar-refractivity contribution in [2.45, 2.75) is 86.0 Å². The molecule has 0 aromatic heterocycles. The van der Waals surface area contributed by atoms with E-state index in [0.29, 0.717) is 0 Å². The molecule has 2 N–H and O–H groups in total. The van der Waals surface area contributed by atoms with Gasteiger partial charge in [-0.15, -0.1) is 0 Å². The molecule has 0 saturated heterocycles. The molecule has 3 amide bonds. The molecule has 7 heteroatoms. The van der Waals surface area contributed by atoms with Gasteiger partial charge in [0.05, 0.1) is 0 Å². The van der Waals surface area contributed by atoms with E-state index in [0.717, 1.165) is 16.7 Å². The third kappa shape index (κ3) is 8.23. The summed E-state index contributed by atoms with van der Waals surface area (Å²) in [5.41, 5.74) is 2.06. The third-order valence-corrected chi connectivity index (χ3v) is 4.58. The summed E-state index contributed by atoms with van der Waals surface area (Å²) in [6.45, 7) is 16.6. The number of likely N-dealkylation sites (N-methyl/N-ethyl adjacent to an activating group) is 1. The lowest BCUT2D eigenvalue weighted by Gasteiger charge is -2.33. The van der Waals surface area contributed by atoms with E-state index in [1.807, 2.05) is 59.7 Å². The highest BCUT2D eigenvalue weighted by atomic mass is 16.6. The smallest absolute Gasteiger partial charge is 0.408 e. The molecule has 0 radical (unpaired) electrons. The molecule has 2 unspecified atom stereocenters. The lowest BCUT2D eigenvalue weighted by molar-refractivity contribution is -0.141. The van der Waals surface area contributed by atoms with Gasteiger partial charge in [-0.2, -0.15) is 0 Å². The molecular formula is C24H39N3O4. The van der Waals surface area contributed by atoms with Crippen LogP contribution in [0.4, 0.5) is 4.79 Å². The lowest BCUT2D eigenvalue weighted by atomic mass is 9.97. The molecule has 0 aliphatic carbocycles. The standard InChI is InChI=1S/C24H39N3O4/c1-14(2)19(26-23(30)31-24(7,8)9)22(29)27(10)20(21(28)25-15(3)4)18-12-16(5)11-17(6)13-18/h11-15,19-20H,1-10H3,(H,25,28)(H,26,30). The molecule has 31 heavy (non-hydrogen) atoms. The Morgan fingerprint density at radius 2 is 1.45 bits per heavy atom. The number of alkyl carbamates (subject to hydrolysis) is 1. The van der Waals surface area contributed by atoms with Gasteiger partial charge in [-0.25, -0.2) is 4.79 Å². The Kier molecular flexibility index (Phi) is 9.09. The van der Waals surface area contributed by atoms with Gasteiger partial charge in [0.1, 0.15) is 17.7 Å². The van der Waals surface area contributed by atoms with Crippen LogP contribution in [-0.4, -0.2) is 47.5 Å². The molecule has 0 spiro atoms. The van der Waals surface area contributed by atoms with Crippen LogP contribution in [0.3, 0.4) is 0 Å².